The van der Waals surface area contributed by atoms with Gasteiger partial charge in [0.25, 0.3) is 0 Å². The number of likely N-dealkylation sites (N-methyl/N-ethyl adjacent to an activating group) is 1. The quantitative estimate of drug-likeness (QED) is 0.842. The van der Waals surface area contributed by atoms with Gasteiger partial charge in [-0.05, 0) is 45.3 Å². The molecule has 0 spiro atoms. The molecule has 0 bridgehead atoms. The van der Waals surface area contributed by atoms with Gasteiger partial charge in [-0.3, -0.25) is 4.90 Å². The van der Waals surface area contributed by atoms with E-state index in [-0.39, 0.29) is 0 Å². The lowest BCUT2D eigenvalue weighted by atomic mass is 9.92. The van der Waals surface area contributed by atoms with E-state index in [0.29, 0.717) is 5.41 Å². The van der Waals surface area contributed by atoms with Gasteiger partial charge in [-0.2, -0.15) is 0 Å². The predicted molar refractivity (Wildman–Crippen MR) is 82.6 cm³/mol. The summed E-state index contributed by atoms with van der Waals surface area (Å²) >= 11 is 0. The maximum atomic E-state index is 3.32. The van der Waals surface area contributed by atoms with Crippen molar-refractivity contribution < 1.29 is 0 Å². The van der Waals surface area contributed by atoms with E-state index in [9.17, 15) is 0 Å². The molecule has 2 aliphatic rings. The fraction of sp³-hybridized carbons (Fsp3) is 1.00. The van der Waals surface area contributed by atoms with Crippen LogP contribution >= 0.6 is 0 Å². The van der Waals surface area contributed by atoms with Gasteiger partial charge in [-0.1, -0.05) is 26.7 Å². The molecule has 0 aromatic rings. The number of nitrogens with one attached hydrogen (secondary N) is 1. The van der Waals surface area contributed by atoms with Gasteiger partial charge < -0.3 is 10.2 Å². The van der Waals surface area contributed by atoms with Gasteiger partial charge in [-0.25, -0.2) is 0 Å². The van der Waals surface area contributed by atoms with Crippen LogP contribution in [0.2, 0.25) is 0 Å². The second-order valence-electron chi connectivity index (χ2n) is 7.49. The molecule has 19 heavy (non-hydrogen) atoms. The van der Waals surface area contributed by atoms with Crippen LogP contribution in [0.15, 0.2) is 0 Å². The SMILES string of the molecule is CNCCC1CN(C2CCCC2)CC(C)(C)CN1C. The maximum absolute atomic E-state index is 3.32. The monoisotopic (exact) mass is 267 g/mol. The first kappa shape index (κ1) is 15.3. The van der Waals surface area contributed by atoms with Gasteiger partial charge in [0.05, 0.1) is 0 Å². The van der Waals surface area contributed by atoms with E-state index in [0.717, 1.165) is 18.6 Å². The molecule has 0 amide bonds. The Morgan fingerprint density at radius 3 is 2.47 bits per heavy atom. The summed E-state index contributed by atoms with van der Waals surface area (Å²) in [6.07, 6.45) is 7.01. The Hall–Kier alpha value is -0.120. The van der Waals surface area contributed by atoms with Crippen LogP contribution in [0.25, 0.3) is 0 Å². The Labute approximate surface area is 119 Å². The molecule has 0 aromatic heterocycles. The molecule has 1 heterocycles. The third kappa shape index (κ3) is 4.17. The minimum Gasteiger partial charge on any atom is -0.320 e. The summed E-state index contributed by atoms with van der Waals surface area (Å²) in [4.78, 5) is 5.42. The summed E-state index contributed by atoms with van der Waals surface area (Å²) in [7, 11) is 4.38. The molecule has 1 atom stereocenters. The maximum Gasteiger partial charge on any atom is 0.0232 e. The zero-order valence-electron chi connectivity index (χ0n) is 13.4. The van der Waals surface area contributed by atoms with Crippen molar-refractivity contribution in [1.82, 2.24) is 15.1 Å². The first-order valence-electron chi connectivity index (χ1n) is 8.11. The molecular formula is C16H33N3. The van der Waals surface area contributed by atoms with Gasteiger partial charge in [0.2, 0.25) is 0 Å². The third-order valence-corrected chi connectivity index (χ3v) is 4.95. The Morgan fingerprint density at radius 2 is 1.84 bits per heavy atom. The van der Waals surface area contributed by atoms with Gasteiger partial charge in [0.15, 0.2) is 0 Å². The molecule has 0 radical (unpaired) electrons. The van der Waals surface area contributed by atoms with Crippen molar-refractivity contribution in [3.05, 3.63) is 0 Å². The second kappa shape index (κ2) is 6.55. The second-order valence-corrected chi connectivity index (χ2v) is 7.49. The van der Waals surface area contributed by atoms with Crippen molar-refractivity contribution in [1.29, 1.82) is 0 Å². The first-order valence-corrected chi connectivity index (χ1v) is 8.11. The average Bonchev–Trinajstić information content (AvgIpc) is 2.82. The molecule has 2 fully saturated rings. The van der Waals surface area contributed by atoms with Crippen molar-refractivity contribution >= 4 is 0 Å². The summed E-state index contributed by atoms with van der Waals surface area (Å²) in [6, 6.07) is 1.58. The van der Waals surface area contributed by atoms with E-state index in [1.54, 1.807) is 0 Å². The fourth-order valence-corrected chi connectivity index (χ4v) is 4.05. The summed E-state index contributed by atoms with van der Waals surface area (Å²) in [5, 5.41) is 3.32. The van der Waals surface area contributed by atoms with Gasteiger partial charge >= 0.3 is 0 Å². The van der Waals surface area contributed by atoms with E-state index in [2.05, 4.69) is 43.1 Å². The summed E-state index contributed by atoms with van der Waals surface area (Å²) < 4.78 is 0. The number of rotatable bonds is 4. The lowest BCUT2D eigenvalue weighted by Gasteiger charge is -2.34. The largest absolute Gasteiger partial charge is 0.320 e. The Balaban J connectivity index is 2.04. The molecule has 112 valence electrons. The van der Waals surface area contributed by atoms with Gasteiger partial charge in [0, 0.05) is 31.7 Å². The minimum atomic E-state index is 0.422. The predicted octanol–water partition coefficient (Wildman–Crippen LogP) is 2.18. The Bertz CT molecular complexity index is 271. The van der Waals surface area contributed by atoms with E-state index >= 15 is 0 Å². The molecule has 1 aliphatic heterocycles. The zero-order valence-corrected chi connectivity index (χ0v) is 13.4. The number of nitrogens with zero attached hydrogens (tertiary/aromatic N) is 2. The van der Waals surface area contributed by atoms with E-state index in [1.165, 1.54) is 51.7 Å². The van der Waals surface area contributed by atoms with Crippen molar-refractivity contribution in [3.8, 4) is 0 Å². The minimum absolute atomic E-state index is 0.422. The Kier molecular flexibility index (Phi) is 5.27. The zero-order chi connectivity index (χ0) is 13.9. The van der Waals surface area contributed by atoms with Crippen LogP contribution in [0.1, 0.15) is 46.0 Å². The highest BCUT2D eigenvalue weighted by molar-refractivity contribution is 4.90. The highest BCUT2D eigenvalue weighted by Gasteiger charge is 2.35. The van der Waals surface area contributed by atoms with Crippen molar-refractivity contribution in [3.63, 3.8) is 0 Å². The van der Waals surface area contributed by atoms with E-state index in [4.69, 9.17) is 0 Å². The third-order valence-electron chi connectivity index (χ3n) is 4.95. The highest BCUT2D eigenvalue weighted by Crippen LogP contribution is 2.31. The lowest BCUT2D eigenvalue weighted by Crippen LogP contribution is -2.43. The Morgan fingerprint density at radius 1 is 1.16 bits per heavy atom. The molecule has 1 N–H and O–H groups in total. The molecule has 1 aliphatic carbocycles. The summed E-state index contributed by atoms with van der Waals surface area (Å²) in [6.45, 7) is 9.78. The normalized spacial score (nSPS) is 30.6. The van der Waals surface area contributed by atoms with Gasteiger partial charge in [0.1, 0.15) is 0 Å². The number of hydrogen-bond acceptors (Lipinski definition) is 3. The topological polar surface area (TPSA) is 18.5 Å². The van der Waals surface area contributed by atoms with Crippen molar-refractivity contribution in [2.75, 3.05) is 40.3 Å². The lowest BCUT2D eigenvalue weighted by molar-refractivity contribution is 0.146. The smallest absolute Gasteiger partial charge is 0.0232 e. The van der Waals surface area contributed by atoms with Crippen molar-refractivity contribution in [2.45, 2.75) is 58.0 Å². The standard InChI is InChI=1S/C16H33N3/c1-16(2)12-18(4)15(9-10-17-3)11-19(13-16)14-7-5-6-8-14/h14-15,17H,5-13H2,1-4H3. The van der Waals surface area contributed by atoms with E-state index in [1.807, 2.05) is 0 Å². The van der Waals surface area contributed by atoms with Crippen LogP contribution in [0, 0.1) is 5.41 Å². The fourth-order valence-electron chi connectivity index (χ4n) is 4.05. The molecule has 1 saturated carbocycles. The van der Waals surface area contributed by atoms with Crippen LogP contribution in [0.4, 0.5) is 0 Å². The van der Waals surface area contributed by atoms with E-state index < -0.39 is 0 Å². The molecule has 3 nitrogen and oxygen atoms in total. The number of hydrogen-bond donors (Lipinski definition) is 1. The van der Waals surface area contributed by atoms with Crippen LogP contribution in [-0.4, -0.2) is 62.2 Å². The molecule has 2 rings (SSSR count). The first-order chi connectivity index (χ1) is 9.02. The van der Waals surface area contributed by atoms with Crippen molar-refractivity contribution in [2.24, 2.45) is 5.41 Å². The molecule has 3 heteroatoms. The summed E-state index contributed by atoms with van der Waals surface area (Å²) in [5.41, 5.74) is 0.422. The molecule has 1 unspecified atom stereocenters. The van der Waals surface area contributed by atoms with Crippen LogP contribution < -0.4 is 5.32 Å². The average molecular weight is 267 g/mol. The van der Waals surface area contributed by atoms with Crippen LogP contribution in [0.3, 0.4) is 0 Å². The summed E-state index contributed by atoms with van der Waals surface area (Å²) in [5.74, 6) is 0. The van der Waals surface area contributed by atoms with Crippen LogP contribution in [0.5, 0.6) is 0 Å². The molecule has 1 saturated heterocycles. The van der Waals surface area contributed by atoms with Crippen LogP contribution in [-0.2, 0) is 0 Å². The molecular weight excluding hydrogens is 234 g/mol. The van der Waals surface area contributed by atoms with Gasteiger partial charge in [-0.15, -0.1) is 0 Å². The highest BCUT2D eigenvalue weighted by atomic mass is 15.3. The molecule has 0 aromatic carbocycles.